The maximum Gasteiger partial charge on any atom is 0.326 e. The van der Waals surface area contributed by atoms with E-state index in [1.807, 2.05) is 24.3 Å². The number of para-hydroxylation sites is 1. The molecule has 0 bridgehead atoms. The molecule has 1 aliphatic rings. The molecule has 2 aromatic heterocycles. The Bertz CT molecular complexity index is 1290. The van der Waals surface area contributed by atoms with Crippen molar-refractivity contribution in [2.45, 2.75) is 49.9 Å². The van der Waals surface area contributed by atoms with E-state index in [1.54, 1.807) is 6.20 Å². The number of amides is 3. The predicted molar refractivity (Wildman–Crippen MR) is 136 cm³/mol. The van der Waals surface area contributed by atoms with E-state index >= 15 is 0 Å². The van der Waals surface area contributed by atoms with Crippen molar-refractivity contribution >= 4 is 34.6 Å². The van der Waals surface area contributed by atoms with Gasteiger partial charge in [0.15, 0.2) is 0 Å². The Morgan fingerprint density at radius 2 is 1.92 bits per heavy atom. The third-order valence-corrected chi connectivity index (χ3v) is 6.68. The van der Waals surface area contributed by atoms with E-state index in [9.17, 15) is 29.4 Å². The van der Waals surface area contributed by atoms with Gasteiger partial charge < -0.3 is 41.4 Å². The van der Waals surface area contributed by atoms with E-state index in [1.165, 1.54) is 17.4 Å². The largest absolute Gasteiger partial charge is 0.480 e. The summed E-state index contributed by atoms with van der Waals surface area (Å²) in [5.74, 6) is -3.10. The lowest BCUT2D eigenvalue weighted by Gasteiger charge is -2.29. The number of benzene rings is 1. The van der Waals surface area contributed by atoms with E-state index in [4.69, 9.17) is 5.73 Å². The molecular weight excluding hydrogens is 494 g/mol. The normalized spacial score (nSPS) is 17.6. The lowest BCUT2D eigenvalue weighted by molar-refractivity contribution is -0.145. The Kier molecular flexibility index (Phi) is 8.38. The van der Waals surface area contributed by atoms with Crippen molar-refractivity contribution in [2.24, 2.45) is 5.73 Å². The Hall–Kier alpha value is -4.23. The highest BCUT2D eigenvalue weighted by atomic mass is 16.4. The van der Waals surface area contributed by atoms with Crippen LogP contribution in [0.3, 0.4) is 0 Å². The fourth-order valence-electron chi connectivity index (χ4n) is 4.68. The number of carboxylic acid groups (broad SMARTS) is 1. The van der Waals surface area contributed by atoms with Crippen molar-refractivity contribution in [3.63, 3.8) is 0 Å². The number of nitrogens with zero attached hydrogens (tertiary/aromatic N) is 2. The minimum atomic E-state index is -1.30. The number of nitrogens with two attached hydrogens (primary N) is 1. The Labute approximate surface area is 217 Å². The Morgan fingerprint density at radius 3 is 2.63 bits per heavy atom. The van der Waals surface area contributed by atoms with Gasteiger partial charge in [-0.05, 0) is 24.5 Å². The molecule has 3 aromatic rings. The zero-order valence-electron chi connectivity index (χ0n) is 20.6. The van der Waals surface area contributed by atoms with Gasteiger partial charge in [0.25, 0.3) is 0 Å². The maximum atomic E-state index is 13.2. The zero-order valence-corrected chi connectivity index (χ0v) is 20.6. The number of aliphatic hydroxyl groups is 1. The number of aliphatic carboxylic acids is 1. The van der Waals surface area contributed by atoms with Crippen LogP contribution < -0.4 is 16.4 Å². The molecule has 38 heavy (non-hydrogen) atoms. The Morgan fingerprint density at radius 1 is 1.13 bits per heavy atom. The third-order valence-electron chi connectivity index (χ3n) is 6.68. The molecule has 1 fully saturated rings. The quantitative estimate of drug-likeness (QED) is 0.166. The molecule has 0 radical (unpaired) electrons. The van der Waals surface area contributed by atoms with E-state index in [0.717, 1.165) is 16.5 Å². The molecule has 13 nitrogen and oxygen atoms in total. The Balaban J connectivity index is 1.39. The topological polar surface area (TPSA) is 207 Å². The van der Waals surface area contributed by atoms with E-state index < -0.39 is 54.5 Å². The smallest absolute Gasteiger partial charge is 0.326 e. The molecule has 1 aromatic carbocycles. The minimum absolute atomic E-state index is 0.0509. The first kappa shape index (κ1) is 26.8. The number of H-pyrrole nitrogens is 2. The molecule has 3 heterocycles. The van der Waals surface area contributed by atoms with Crippen LogP contribution in [0.15, 0.2) is 43.0 Å². The average molecular weight is 526 g/mol. The molecular formula is C25H31N7O6. The number of aromatic amines is 2. The summed E-state index contributed by atoms with van der Waals surface area (Å²) in [6.45, 7) is -0.464. The molecule has 0 saturated carbocycles. The zero-order chi connectivity index (χ0) is 27.2. The van der Waals surface area contributed by atoms with Gasteiger partial charge in [0.2, 0.25) is 17.7 Å². The van der Waals surface area contributed by atoms with E-state index in [2.05, 4.69) is 25.6 Å². The lowest BCUT2D eigenvalue weighted by atomic mass is 10.0. The van der Waals surface area contributed by atoms with Crippen LogP contribution in [-0.4, -0.2) is 91.1 Å². The number of imidazole rings is 1. The molecule has 4 atom stereocenters. The summed E-state index contributed by atoms with van der Waals surface area (Å²) in [6, 6.07) is 3.00. The lowest BCUT2D eigenvalue weighted by Crippen LogP contribution is -2.58. The van der Waals surface area contributed by atoms with E-state index in [-0.39, 0.29) is 19.4 Å². The second-order valence-electron chi connectivity index (χ2n) is 9.28. The fraction of sp³-hybridized carbons (Fsp3) is 0.400. The SMILES string of the molecule is NC(Cc1cnc[nH]1)C(=O)NC(CO)C(=O)N1CCCC1C(=O)NC(Cc1c[nH]c2ccccc12)C(=O)O. The van der Waals surface area contributed by atoms with Crippen molar-refractivity contribution in [2.75, 3.05) is 13.2 Å². The second kappa shape index (κ2) is 11.9. The fourth-order valence-corrected chi connectivity index (χ4v) is 4.68. The summed E-state index contributed by atoms with van der Waals surface area (Å²) in [5, 5.41) is 25.5. The summed E-state index contributed by atoms with van der Waals surface area (Å²) in [4.78, 5) is 61.9. The number of hydrogen-bond donors (Lipinski definition) is 7. The first-order chi connectivity index (χ1) is 18.3. The average Bonchev–Trinajstić information content (AvgIpc) is 3.67. The summed E-state index contributed by atoms with van der Waals surface area (Å²) in [6.07, 6.45) is 5.73. The van der Waals surface area contributed by atoms with Crippen LogP contribution in [0.4, 0.5) is 0 Å². The number of carbonyl (C=O) groups is 4. The number of carbonyl (C=O) groups excluding carboxylic acids is 3. The minimum Gasteiger partial charge on any atom is -0.480 e. The molecule has 4 unspecified atom stereocenters. The van der Waals surface area contributed by atoms with Crippen LogP contribution in [-0.2, 0) is 32.0 Å². The number of carboxylic acids is 1. The van der Waals surface area contributed by atoms with E-state index in [0.29, 0.717) is 18.5 Å². The molecule has 0 spiro atoms. The molecule has 1 saturated heterocycles. The predicted octanol–water partition coefficient (Wildman–Crippen LogP) is -0.959. The molecule has 4 rings (SSSR count). The van der Waals surface area contributed by atoms with Crippen LogP contribution in [0.25, 0.3) is 10.9 Å². The van der Waals surface area contributed by atoms with Gasteiger partial charge in [-0.1, -0.05) is 18.2 Å². The van der Waals surface area contributed by atoms with Gasteiger partial charge in [-0.25, -0.2) is 9.78 Å². The first-order valence-corrected chi connectivity index (χ1v) is 12.3. The maximum absolute atomic E-state index is 13.2. The monoisotopic (exact) mass is 525 g/mol. The summed E-state index contributed by atoms with van der Waals surface area (Å²) < 4.78 is 0. The number of hydrogen-bond acceptors (Lipinski definition) is 7. The first-order valence-electron chi connectivity index (χ1n) is 12.3. The van der Waals surface area contributed by atoms with Crippen molar-refractivity contribution < 1.29 is 29.4 Å². The highest BCUT2D eigenvalue weighted by Crippen LogP contribution is 2.21. The number of aromatic nitrogens is 3. The van der Waals surface area contributed by atoms with Gasteiger partial charge in [-0.15, -0.1) is 0 Å². The number of likely N-dealkylation sites (tertiary alicyclic amines) is 1. The van der Waals surface area contributed by atoms with Crippen molar-refractivity contribution in [3.8, 4) is 0 Å². The summed E-state index contributed by atoms with van der Waals surface area (Å²) in [7, 11) is 0. The number of aliphatic hydroxyl groups excluding tert-OH is 1. The van der Waals surface area contributed by atoms with Gasteiger partial charge in [0.05, 0.1) is 19.0 Å². The van der Waals surface area contributed by atoms with Crippen LogP contribution in [0.2, 0.25) is 0 Å². The summed E-state index contributed by atoms with van der Waals surface area (Å²) >= 11 is 0. The number of fused-ring (bicyclic) bond motifs is 1. The van der Waals surface area contributed by atoms with Crippen molar-refractivity contribution in [1.82, 2.24) is 30.5 Å². The molecule has 202 valence electrons. The van der Waals surface area contributed by atoms with Crippen LogP contribution in [0.5, 0.6) is 0 Å². The van der Waals surface area contributed by atoms with Crippen molar-refractivity contribution in [3.05, 3.63) is 54.2 Å². The molecule has 3 amide bonds. The highest BCUT2D eigenvalue weighted by molar-refractivity contribution is 5.95. The molecule has 0 aliphatic carbocycles. The van der Waals surface area contributed by atoms with Gasteiger partial charge in [0, 0.05) is 48.4 Å². The van der Waals surface area contributed by atoms with Gasteiger partial charge in [0.1, 0.15) is 18.1 Å². The standard InChI is InChI=1S/C25H31N7O6/c26-17(9-15-11-27-13-29-15)22(34)31-20(12-33)24(36)32-7-3-6-21(32)23(35)30-19(25(37)38)8-14-10-28-18-5-2-1-4-16(14)18/h1-2,4-5,10-11,13,17,19-21,28,33H,3,6-9,12,26H2,(H,27,29)(H,30,35)(H,31,34)(H,37,38). The number of rotatable bonds is 11. The van der Waals surface area contributed by atoms with Gasteiger partial charge >= 0.3 is 5.97 Å². The van der Waals surface area contributed by atoms with Gasteiger partial charge in [-0.2, -0.15) is 0 Å². The molecule has 8 N–H and O–H groups in total. The third kappa shape index (κ3) is 6.01. The van der Waals surface area contributed by atoms with Crippen LogP contribution in [0, 0.1) is 0 Å². The number of nitrogens with one attached hydrogen (secondary N) is 4. The van der Waals surface area contributed by atoms with Crippen LogP contribution in [0.1, 0.15) is 24.1 Å². The molecule has 13 heteroatoms. The highest BCUT2D eigenvalue weighted by Gasteiger charge is 2.39. The van der Waals surface area contributed by atoms with Crippen LogP contribution >= 0.6 is 0 Å². The van der Waals surface area contributed by atoms with Gasteiger partial charge in [-0.3, -0.25) is 14.4 Å². The van der Waals surface area contributed by atoms with Crippen molar-refractivity contribution in [1.29, 1.82) is 0 Å². The molecule has 1 aliphatic heterocycles. The summed E-state index contributed by atoms with van der Waals surface area (Å²) in [5.41, 5.74) is 8.15. The second-order valence-corrected chi connectivity index (χ2v) is 9.28.